The third-order valence-corrected chi connectivity index (χ3v) is 7.25. The third-order valence-electron chi connectivity index (χ3n) is 4.85. The van der Waals surface area contributed by atoms with Crippen LogP contribution in [0.3, 0.4) is 0 Å². The molecule has 1 aromatic heterocycles. The van der Waals surface area contributed by atoms with Gasteiger partial charge in [0.05, 0.1) is 16.6 Å². The fourth-order valence-corrected chi connectivity index (χ4v) is 5.40. The Morgan fingerprint density at radius 2 is 1.85 bits per heavy atom. The fourth-order valence-electron chi connectivity index (χ4n) is 3.44. The lowest BCUT2D eigenvalue weighted by molar-refractivity contribution is 0.263. The van der Waals surface area contributed by atoms with Crippen LogP contribution in [0.2, 0.25) is 5.02 Å². The number of nitrogens with zero attached hydrogens (tertiary/aromatic N) is 4. The summed E-state index contributed by atoms with van der Waals surface area (Å²) in [7, 11) is -3.58. The Kier molecular flexibility index (Phi) is 4.46. The molecule has 1 fully saturated rings. The normalized spacial score (nSPS) is 17.0. The molecule has 0 amide bonds. The smallest absolute Gasteiger partial charge is 0.242 e. The first-order chi connectivity index (χ1) is 12.5. The lowest BCUT2D eigenvalue weighted by Gasteiger charge is -2.31. The van der Waals surface area contributed by atoms with Crippen LogP contribution in [0.5, 0.6) is 0 Å². The number of hydrogen-bond donors (Lipinski definition) is 0. The van der Waals surface area contributed by atoms with Crippen LogP contribution in [0.25, 0.3) is 11.0 Å². The van der Waals surface area contributed by atoms with E-state index in [1.165, 1.54) is 4.31 Å². The summed E-state index contributed by atoms with van der Waals surface area (Å²) in [5.41, 5.74) is 3.00. The van der Waals surface area contributed by atoms with E-state index in [1.54, 1.807) is 24.3 Å². The van der Waals surface area contributed by atoms with Crippen molar-refractivity contribution in [1.82, 2.24) is 19.3 Å². The van der Waals surface area contributed by atoms with Crippen molar-refractivity contribution in [2.75, 3.05) is 13.1 Å². The molecule has 8 heteroatoms. The lowest BCUT2D eigenvalue weighted by atomic mass is 10.1. The summed E-state index contributed by atoms with van der Waals surface area (Å²) in [4.78, 5) is 0.168. The number of sulfonamides is 1. The van der Waals surface area contributed by atoms with Gasteiger partial charge in [0.2, 0.25) is 10.0 Å². The molecule has 0 N–H and O–H groups in total. The quantitative estimate of drug-likeness (QED) is 0.687. The van der Waals surface area contributed by atoms with Gasteiger partial charge in [0.15, 0.2) is 0 Å². The molecule has 0 saturated carbocycles. The van der Waals surface area contributed by atoms with Gasteiger partial charge in [0.25, 0.3) is 0 Å². The summed E-state index contributed by atoms with van der Waals surface area (Å²) in [6.07, 6.45) is 1.38. The van der Waals surface area contributed by atoms with Crippen molar-refractivity contribution in [3.05, 3.63) is 53.1 Å². The zero-order valence-corrected chi connectivity index (χ0v) is 15.9. The minimum absolute atomic E-state index is 0.139. The van der Waals surface area contributed by atoms with Gasteiger partial charge in [0, 0.05) is 13.1 Å². The summed E-state index contributed by atoms with van der Waals surface area (Å²) in [6, 6.07) is 12.8. The van der Waals surface area contributed by atoms with Crippen LogP contribution in [0, 0.1) is 6.92 Å². The molecule has 2 aromatic carbocycles. The topological polar surface area (TPSA) is 68.1 Å². The minimum Gasteiger partial charge on any atom is -0.242 e. The highest BCUT2D eigenvalue weighted by Gasteiger charge is 2.32. The molecule has 0 unspecified atom stereocenters. The van der Waals surface area contributed by atoms with E-state index < -0.39 is 10.0 Å². The molecule has 0 spiro atoms. The second-order valence-corrected chi connectivity index (χ2v) is 8.91. The standard InChI is InChI=1S/C18H19ClN4O2S/c1-13-6-7-17-16(12-13)20-21-23(17)14-8-10-22(11-9-14)26(24,25)18-5-3-2-4-15(18)19/h2-7,12,14H,8-11H2,1H3. The van der Waals surface area contributed by atoms with Gasteiger partial charge < -0.3 is 0 Å². The number of halogens is 1. The molecule has 3 aromatic rings. The molecule has 1 saturated heterocycles. The molecule has 0 bridgehead atoms. The summed E-state index contributed by atoms with van der Waals surface area (Å²) < 4.78 is 29.1. The van der Waals surface area contributed by atoms with Gasteiger partial charge in [-0.1, -0.05) is 35.0 Å². The average Bonchev–Trinajstić information content (AvgIpc) is 3.05. The average molecular weight is 391 g/mol. The summed E-state index contributed by atoms with van der Waals surface area (Å²) in [5.74, 6) is 0. The van der Waals surface area contributed by atoms with Crippen molar-refractivity contribution in [2.45, 2.75) is 30.7 Å². The predicted molar refractivity (Wildman–Crippen MR) is 101 cm³/mol. The maximum Gasteiger partial charge on any atom is 0.244 e. The van der Waals surface area contributed by atoms with E-state index in [2.05, 4.69) is 10.3 Å². The zero-order chi connectivity index (χ0) is 18.3. The molecule has 1 aliphatic heterocycles. The van der Waals surface area contributed by atoms with Crippen molar-refractivity contribution in [3.8, 4) is 0 Å². The zero-order valence-electron chi connectivity index (χ0n) is 14.3. The monoisotopic (exact) mass is 390 g/mol. The Bertz CT molecular complexity index is 1060. The van der Waals surface area contributed by atoms with Crippen LogP contribution < -0.4 is 0 Å². The summed E-state index contributed by atoms with van der Waals surface area (Å²) in [5, 5.41) is 8.80. The van der Waals surface area contributed by atoms with Gasteiger partial charge in [-0.3, -0.25) is 0 Å². The van der Waals surface area contributed by atoms with Crippen LogP contribution in [-0.2, 0) is 10.0 Å². The van der Waals surface area contributed by atoms with Gasteiger partial charge in [-0.05, 0) is 49.6 Å². The Labute approximate surface area is 157 Å². The van der Waals surface area contributed by atoms with Crippen LogP contribution in [0.15, 0.2) is 47.4 Å². The largest absolute Gasteiger partial charge is 0.244 e. The van der Waals surface area contributed by atoms with Crippen molar-refractivity contribution in [2.24, 2.45) is 0 Å². The predicted octanol–water partition coefficient (Wildman–Crippen LogP) is 3.42. The summed E-state index contributed by atoms with van der Waals surface area (Å²) in [6.45, 7) is 2.90. The molecular formula is C18H19ClN4O2S. The van der Waals surface area contributed by atoms with Gasteiger partial charge in [-0.25, -0.2) is 13.1 Å². The molecule has 4 rings (SSSR count). The second kappa shape index (κ2) is 6.64. The van der Waals surface area contributed by atoms with Crippen molar-refractivity contribution >= 4 is 32.7 Å². The van der Waals surface area contributed by atoms with Crippen LogP contribution in [-0.4, -0.2) is 40.8 Å². The van der Waals surface area contributed by atoms with Crippen LogP contribution in [0.1, 0.15) is 24.4 Å². The first-order valence-corrected chi connectivity index (χ1v) is 10.3. The maximum atomic E-state index is 12.9. The lowest BCUT2D eigenvalue weighted by Crippen LogP contribution is -2.39. The Hall–Kier alpha value is -1.96. The van der Waals surface area contributed by atoms with E-state index in [4.69, 9.17) is 11.6 Å². The third kappa shape index (κ3) is 3.00. The molecule has 0 atom stereocenters. The molecule has 26 heavy (non-hydrogen) atoms. The van der Waals surface area contributed by atoms with Crippen molar-refractivity contribution in [3.63, 3.8) is 0 Å². The van der Waals surface area contributed by atoms with Gasteiger partial charge in [-0.2, -0.15) is 4.31 Å². The van der Waals surface area contributed by atoms with Crippen molar-refractivity contribution in [1.29, 1.82) is 0 Å². The summed E-state index contributed by atoms with van der Waals surface area (Å²) >= 11 is 6.09. The number of benzene rings is 2. The molecule has 0 radical (unpaired) electrons. The highest BCUT2D eigenvalue weighted by atomic mass is 35.5. The molecule has 0 aliphatic carbocycles. The van der Waals surface area contributed by atoms with E-state index in [0.717, 1.165) is 16.6 Å². The maximum absolute atomic E-state index is 12.9. The Morgan fingerprint density at radius 1 is 1.12 bits per heavy atom. The molecular weight excluding hydrogens is 372 g/mol. The number of fused-ring (bicyclic) bond motifs is 1. The van der Waals surface area contributed by atoms with E-state index in [-0.39, 0.29) is 16.0 Å². The first kappa shape index (κ1) is 17.5. The molecule has 6 nitrogen and oxygen atoms in total. The first-order valence-electron chi connectivity index (χ1n) is 8.53. The number of piperidine rings is 1. The second-order valence-electron chi connectivity index (χ2n) is 6.59. The van der Waals surface area contributed by atoms with Gasteiger partial charge in [0.1, 0.15) is 10.4 Å². The van der Waals surface area contributed by atoms with Crippen LogP contribution >= 0.6 is 11.6 Å². The number of aromatic nitrogens is 3. The molecule has 2 heterocycles. The number of hydrogen-bond acceptors (Lipinski definition) is 4. The SMILES string of the molecule is Cc1ccc2c(c1)nnn2C1CCN(S(=O)(=O)c2ccccc2Cl)CC1. The molecule has 136 valence electrons. The van der Waals surface area contributed by atoms with Gasteiger partial charge in [-0.15, -0.1) is 5.10 Å². The van der Waals surface area contributed by atoms with Crippen molar-refractivity contribution < 1.29 is 8.42 Å². The molecule has 1 aliphatic rings. The van der Waals surface area contributed by atoms with Gasteiger partial charge >= 0.3 is 0 Å². The van der Waals surface area contributed by atoms with Crippen LogP contribution in [0.4, 0.5) is 0 Å². The van der Waals surface area contributed by atoms with E-state index in [9.17, 15) is 8.42 Å². The Balaban J connectivity index is 1.54. The highest BCUT2D eigenvalue weighted by molar-refractivity contribution is 7.89. The Morgan fingerprint density at radius 3 is 2.58 bits per heavy atom. The van der Waals surface area contributed by atoms with E-state index in [0.29, 0.717) is 25.9 Å². The fraction of sp³-hybridized carbons (Fsp3) is 0.333. The minimum atomic E-state index is -3.58. The number of rotatable bonds is 3. The van der Waals surface area contributed by atoms with E-state index >= 15 is 0 Å². The highest BCUT2D eigenvalue weighted by Crippen LogP contribution is 2.30. The van der Waals surface area contributed by atoms with E-state index in [1.807, 2.05) is 29.8 Å². The number of aryl methyl sites for hydroxylation is 1.